The van der Waals surface area contributed by atoms with Crippen molar-refractivity contribution in [3.8, 4) is 5.75 Å². The minimum Gasteiger partial charge on any atom is -0.496 e. The topological polar surface area (TPSA) is 49.8 Å². The van der Waals surface area contributed by atoms with Crippen molar-refractivity contribution >= 4 is 5.91 Å². The van der Waals surface area contributed by atoms with Gasteiger partial charge in [0.2, 0.25) is 0 Å². The largest absolute Gasteiger partial charge is 0.496 e. The number of likely N-dealkylation sites (tertiary alicyclic amines) is 1. The summed E-state index contributed by atoms with van der Waals surface area (Å²) in [4.78, 5) is 15.2. The Kier molecular flexibility index (Phi) is 5.11. The zero-order chi connectivity index (χ0) is 19.7. The van der Waals surface area contributed by atoms with Crippen LogP contribution >= 0.6 is 0 Å². The van der Waals surface area contributed by atoms with Crippen molar-refractivity contribution in [3.63, 3.8) is 0 Å². The van der Waals surface area contributed by atoms with Gasteiger partial charge in [-0.2, -0.15) is 0 Å². The van der Waals surface area contributed by atoms with Gasteiger partial charge in [0.15, 0.2) is 0 Å². The second kappa shape index (κ2) is 7.55. The Labute approximate surface area is 164 Å². The van der Waals surface area contributed by atoms with Crippen molar-refractivity contribution in [1.29, 1.82) is 0 Å². The number of carbonyl (C=O) groups is 1. The van der Waals surface area contributed by atoms with Crippen LogP contribution in [0.2, 0.25) is 0 Å². The van der Waals surface area contributed by atoms with Gasteiger partial charge in [-0.15, -0.1) is 0 Å². The third kappa shape index (κ3) is 3.28. The van der Waals surface area contributed by atoms with Gasteiger partial charge in [0.1, 0.15) is 11.6 Å². The summed E-state index contributed by atoms with van der Waals surface area (Å²) in [7, 11) is 1.63. The molecule has 0 aromatic heterocycles. The fourth-order valence-corrected chi connectivity index (χ4v) is 4.96. The molecular weight excluding hydrogens is 357 g/mol. The molecule has 2 aliphatic rings. The molecule has 1 N–H and O–H groups in total. The van der Waals surface area contributed by atoms with Crippen LogP contribution in [0.4, 0.5) is 4.39 Å². The Morgan fingerprint density at radius 3 is 2.64 bits per heavy atom. The predicted molar refractivity (Wildman–Crippen MR) is 105 cm³/mol. The van der Waals surface area contributed by atoms with E-state index in [0.29, 0.717) is 18.5 Å². The Morgan fingerprint density at radius 1 is 1.14 bits per heavy atom. The molecule has 1 aliphatic carbocycles. The number of fused-ring (bicyclic) bond motifs is 1. The number of ether oxygens (including phenoxy) is 1. The van der Waals surface area contributed by atoms with Crippen LogP contribution in [-0.2, 0) is 0 Å². The lowest BCUT2D eigenvalue weighted by Crippen LogP contribution is -2.56. The summed E-state index contributed by atoms with van der Waals surface area (Å²) in [5, 5.41) is 11.4. The minimum absolute atomic E-state index is 0.0456. The van der Waals surface area contributed by atoms with Crippen LogP contribution in [0.1, 0.15) is 54.1 Å². The molecule has 1 amide bonds. The number of halogens is 1. The lowest BCUT2D eigenvalue weighted by Gasteiger charge is -2.52. The molecule has 28 heavy (non-hydrogen) atoms. The van der Waals surface area contributed by atoms with Crippen LogP contribution in [0.15, 0.2) is 48.5 Å². The molecule has 5 heteroatoms. The molecular formula is C23H26FNO3. The normalized spacial score (nSPS) is 27.2. The highest BCUT2D eigenvalue weighted by atomic mass is 19.1. The van der Waals surface area contributed by atoms with E-state index in [1.165, 1.54) is 24.3 Å². The summed E-state index contributed by atoms with van der Waals surface area (Å²) in [5.41, 5.74) is 0.622. The lowest BCUT2D eigenvalue weighted by atomic mass is 9.66. The van der Waals surface area contributed by atoms with Crippen molar-refractivity contribution < 1.29 is 19.0 Å². The van der Waals surface area contributed by atoms with Gasteiger partial charge in [-0.3, -0.25) is 4.79 Å². The van der Waals surface area contributed by atoms with E-state index in [9.17, 15) is 14.3 Å². The first kappa shape index (κ1) is 18.9. The number of methoxy groups -OCH3 is 1. The van der Waals surface area contributed by atoms with Crippen molar-refractivity contribution in [2.24, 2.45) is 5.92 Å². The number of carbonyl (C=O) groups excluding carboxylic acids is 1. The molecule has 1 aliphatic heterocycles. The van der Waals surface area contributed by atoms with Gasteiger partial charge in [0.05, 0.1) is 18.8 Å². The number of hydrogen-bond donors (Lipinski definition) is 1. The van der Waals surface area contributed by atoms with E-state index in [4.69, 9.17) is 4.74 Å². The zero-order valence-corrected chi connectivity index (χ0v) is 16.1. The molecule has 0 unspecified atom stereocenters. The lowest BCUT2D eigenvalue weighted by molar-refractivity contribution is -0.115. The second-order valence-corrected chi connectivity index (χ2v) is 7.90. The Bertz CT molecular complexity index is 853. The van der Waals surface area contributed by atoms with Crippen LogP contribution in [0.25, 0.3) is 0 Å². The number of benzene rings is 2. The molecule has 0 radical (unpaired) electrons. The van der Waals surface area contributed by atoms with Crippen LogP contribution in [0.3, 0.4) is 0 Å². The maximum Gasteiger partial charge on any atom is 0.254 e. The third-order valence-corrected chi connectivity index (χ3v) is 6.38. The van der Waals surface area contributed by atoms with Crippen molar-refractivity contribution in [2.75, 3.05) is 13.7 Å². The van der Waals surface area contributed by atoms with E-state index < -0.39 is 5.60 Å². The number of nitrogens with zero attached hydrogens (tertiary/aromatic N) is 1. The molecule has 2 aromatic carbocycles. The van der Waals surface area contributed by atoms with Gasteiger partial charge in [0, 0.05) is 23.6 Å². The van der Waals surface area contributed by atoms with E-state index in [1.807, 2.05) is 29.2 Å². The molecule has 0 spiro atoms. The van der Waals surface area contributed by atoms with Gasteiger partial charge < -0.3 is 14.7 Å². The summed E-state index contributed by atoms with van der Waals surface area (Å²) in [6, 6.07) is 13.1. The molecule has 2 fully saturated rings. The number of para-hydroxylation sites is 1. The standard InChI is InChI=1S/C23H26FNO3/c1-28-20-8-3-2-6-18(20)21-19-7-4-5-13-23(19,27)14-15-25(21)22(26)16-9-11-17(24)12-10-16/h2-3,6,8-12,19,21,27H,4-5,7,13-15H2,1H3/t19-,21-,23+/m1/s1. The molecule has 4 nitrogen and oxygen atoms in total. The monoisotopic (exact) mass is 383 g/mol. The van der Waals surface area contributed by atoms with Gasteiger partial charge in [-0.05, 0) is 49.6 Å². The van der Waals surface area contributed by atoms with Crippen LogP contribution in [-0.4, -0.2) is 35.2 Å². The second-order valence-electron chi connectivity index (χ2n) is 7.90. The predicted octanol–water partition coefficient (Wildman–Crippen LogP) is 4.34. The average Bonchev–Trinajstić information content (AvgIpc) is 2.72. The van der Waals surface area contributed by atoms with Crippen LogP contribution in [0, 0.1) is 11.7 Å². The van der Waals surface area contributed by atoms with E-state index in [2.05, 4.69) is 0 Å². The molecule has 1 saturated carbocycles. The Morgan fingerprint density at radius 2 is 1.89 bits per heavy atom. The third-order valence-electron chi connectivity index (χ3n) is 6.38. The summed E-state index contributed by atoms with van der Waals surface area (Å²) in [6.45, 7) is 0.464. The quantitative estimate of drug-likeness (QED) is 0.858. The first-order valence-corrected chi connectivity index (χ1v) is 9.95. The summed E-state index contributed by atoms with van der Waals surface area (Å²) >= 11 is 0. The fourth-order valence-electron chi connectivity index (χ4n) is 4.96. The van der Waals surface area contributed by atoms with E-state index >= 15 is 0 Å². The van der Waals surface area contributed by atoms with Crippen molar-refractivity contribution in [3.05, 3.63) is 65.5 Å². The molecule has 1 heterocycles. The van der Waals surface area contributed by atoms with Crippen LogP contribution < -0.4 is 4.74 Å². The fraction of sp³-hybridized carbons (Fsp3) is 0.435. The highest BCUT2D eigenvalue weighted by Gasteiger charge is 2.50. The highest BCUT2D eigenvalue weighted by molar-refractivity contribution is 5.94. The van der Waals surface area contributed by atoms with Crippen molar-refractivity contribution in [2.45, 2.75) is 43.7 Å². The number of aliphatic hydroxyl groups is 1. The maximum atomic E-state index is 13.4. The molecule has 4 rings (SSSR count). The van der Waals surface area contributed by atoms with Crippen molar-refractivity contribution in [1.82, 2.24) is 4.90 Å². The van der Waals surface area contributed by atoms with Gasteiger partial charge in [0.25, 0.3) is 5.91 Å². The molecule has 1 saturated heterocycles. The first-order valence-electron chi connectivity index (χ1n) is 9.95. The summed E-state index contributed by atoms with van der Waals surface area (Å²) < 4.78 is 18.9. The number of piperidine rings is 1. The van der Waals surface area contributed by atoms with E-state index in [-0.39, 0.29) is 23.7 Å². The number of hydrogen-bond acceptors (Lipinski definition) is 3. The zero-order valence-electron chi connectivity index (χ0n) is 16.1. The Balaban J connectivity index is 1.78. The highest BCUT2D eigenvalue weighted by Crippen LogP contribution is 2.51. The van der Waals surface area contributed by atoms with Gasteiger partial charge in [-0.25, -0.2) is 4.39 Å². The number of amides is 1. The van der Waals surface area contributed by atoms with E-state index in [0.717, 1.165) is 37.0 Å². The summed E-state index contributed by atoms with van der Waals surface area (Å²) in [6.07, 6.45) is 4.25. The van der Waals surface area contributed by atoms with Gasteiger partial charge >= 0.3 is 0 Å². The first-order chi connectivity index (χ1) is 13.5. The molecule has 0 bridgehead atoms. The smallest absolute Gasteiger partial charge is 0.254 e. The Hall–Kier alpha value is -2.40. The molecule has 3 atom stereocenters. The summed E-state index contributed by atoms with van der Waals surface area (Å²) in [5.74, 6) is 0.177. The van der Waals surface area contributed by atoms with Gasteiger partial charge in [-0.1, -0.05) is 31.0 Å². The average molecular weight is 383 g/mol. The van der Waals surface area contributed by atoms with E-state index in [1.54, 1.807) is 7.11 Å². The maximum absolute atomic E-state index is 13.4. The number of rotatable bonds is 3. The minimum atomic E-state index is -0.761. The van der Waals surface area contributed by atoms with Crippen LogP contribution in [0.5, 0.6) is 5.75 Å². The molecule has 148 valence electrons. The molecule has 2 aromatic rings. The SMILES string of the molecule is COc1ccccc1[C@@H]1[C@H]2CCCC[C@]2(O)CCN1C(=O)c1ccc(F)cc1.